The van der Waals surface area contributed by atoms with E-state index in [2.05, 4.69) is 0 Å². The van der Waals surface area contributed by atoms with Gasteiger partial charge in [-0.3, -0.25) is 4.79 Å². The highest BCUT2D eigenvalue weighted by Gasteiger charge is 2.43. The highest BCUT2D eigenvalue weighted by Crippen LogP contribution is 2.19. The average molecular weight is 266 g/mol. The number of ether oxygens (including phenoxy) is 4. The summed E-state index contributed by atoms with van der Waals surface area (Å²) in [4.78, 5) is 21.8. The molecule has 0 atom stereocenters. The van der Waals surface area contributed by atoms with Gasteiger partial charge < -0.3 is 29.2 Å². The van der Waals surface area contributed by atoms with Gasteiger partial charge in [-0.25, -0.2) is 4.79 Å². The molecule has 0 aromatic heterocycles. The fourth-order valence-corrected chi connectivity index (χ4v) is 1.12. The van der Waals surface area contributed by atoms with E-state index >= 15 is 0 Å². The Labute approximate surface area is 104 Å². The molecule has 2 N–H and O–H groups in total. The maximum Gasteiger partial charge on any atom is 0.365 e. The summed E-state index contributed by atoms with van der Waals surface area (Å²) in [5.41, 5.74) is 0. The van der Waals surface area contributed by atoms with Gasteiger partial charge in [0.25, 0.3) is 5.79 Å². The van der Waals surface area contributed by atoms with E-state index in [1.165, 1.54) is 14.2 Å². The van der Waals surface area contributed by atoms with Crippen molar-refractivity contribution in [1.29, 1.82) is 0 Å². The summed E-state index contributed by atoms with van der Waals surface area (Å²) in [7, 11) is 2.82. The van der Waals surface area contributed by atoms with Crippen LogP contribution in [0.1, 0.15) is 6.42 Å². The number of hydrogen-bond donors (Lipinski definition) is 2. The molecule has 0 aromatic carbocycles. The first-order valence-electron chi connectivity index (χ1n) is 5.19. The number of rotatable bonds is 11. The van der Waals surface area contributed by atoms with Gasteiger partial charge in [0.05, 0.1) is 26.4 Å². The maximum absolute atomic E-state index is 11.2. The Morgan fingerprint density at radius 2 is 1.39 bits per heavy atom. The van der Waals surface area contributed by atoms with Gasteiger partial charge in [0, 0.05) is 14.2 Å². The number of carboxylic acid groups (broad SMARTS) is 2. The van der Waals surface area contributed by atoms with Crippen molar-refractivity contribution in [2.24, 2.45) is 0 Å². The molecule has 0 unspecified atom stereocenters. The second kappa shape index (κ2) is 8.81. The van der Waals surface area contributed by atoms with Crippen molar-refractivity contribution >= 4 is 11.9 Å². The van der Waals surface area contributed by atoms with Crippen LogP contribution in [-0.4, -0.2) is 68.6 Å². The van der Waals surface area contributed by atoms with Crippen LogP contribution in [0.15, 0.2) is 0 Å². The third-order valence-corrected chi connectivity index (χ3v) is 1.96. The number of aliphatic carboxylic acids is 2. The van der Waals surface area contributed by atoms with Crippen LogP contribution in [0.4, 0.5) is 0 Å². The molecule has 0 radical (unpaired) electrons. The van der Waals surface area contributed by atoms with E-state index in [-0.39, 0.29) is 26.4 Å². The molecule has 0 amide bonds. The molecule has 0 aliphatic rings. The van der Waals surface area contributed by atoms with Crippen molar-refractivity contribution in [3.8, 4) is 0 Å². The standard InChI is InChI=1S/C10H18O8/c1-15-3-5-17-10(9(13)14,7-8(11)12)18-6-4-16-2/h3-7H2,1-2H3,(H,11,12)(H,13,14). The van der Waals surface area contributed by atoms with Gasteiger partial charge in [0.15, 0.2) is 0 Å². The normalized spacial score (nSPS) is 11.4. The molecular weight excluding hydrogens is 248 g/mol. The molecule has 8 heteroatoms. The van der Waals surface area contributed by atoms with E-state index in [0.717, 1.165) is 0 Å². The molecule has 0 rings (SSSR count). The molecule has 0 aliphatic carbocycles. The Balaban J connectivity index is 4.67. The van der Waals surface area contributed by atoms with Crippen LogP contribution >= 0.6 is 0 Å². The molecule has 0 bridgehead atoms. The molecule has 0 fully saturated rings. The lowest BCUT2D eigenvalue weighted by atomic mass is 10.2. The third kappa shape index (κ3) is 5.92. The Bertz CT molecular complexity index is 255. The van der Waals surface area contributed by atoms with E-state index in [9.17, 15) is 9.59 Å². The van der Waals surface area contributed by atoms with Crippen LogP contribution in [-0.2, 0) is 28.5 Å². The molecule has 8 nitrogen and oxygen atoms in total. The summed E-state index contributed by atoms with van der Waals surface area (Å²) in [5.74, 6) is -5.06. The first-order valence-corrected chi connectivity index (χ1v) is 5.19. The van der Waals surface area contributed by atoms with Gasteiger partial charge in [0.2, 0.25) is 0 Å². The topological polar surface area (TPSA) is 112 Å². The van der Waals surface area contributed by atoms with Crippen LogP contribution < -0.4 is 0 Å². The summed E-state index contributed by atoms with van der Waals surface area (Å²) in [6.45, 7) is 0.0662. The first-order chi connectivity index (χ1) is 8.48. The van der Waals surface area contributed by atoms with E-state index in [4.69, 9.17) is 29.2 Å². The van der Waals surface area contributed by atoms with Crippen molar-refractivity contribution in [2.45, 2.75) is 12.2 Å². The number of carboxylic acids is 2. The van der Waals surface area contributed by atoms with Gasteiger partial charge in [-0.2, -0.15) is 0 Å². The van der Waals surface area contributed by atoms with Gasteiger partial charge in [-0.1, -0.05) is 0 Å². The van der Waals surface area contributed by atoms with Crippen molar-refractivity contribution in [1.82, 2.24) is 0 Å². The fourth-order valence-electron chi connectivity index (χ4n) is 1.12. The number of carbonyl (C=O) groups is 2. The minimum absolute atomic E-state index is 0.0942. The summed E-state index contributed by atoms with van der Waals surface area (Å²) in [6.07, 6.45) is -0.810. The summed E-state index contributed by atoms with van der Waals surface area (Å²) in [6, 6.07) is 0. The van der Waals surface area contributed by atoms with Crippen LogP contribution in [0.2, 0.25) is 0 Å². The Kier molecular flexibility index (Phi) is 8.21. The molecule has 106 valence electrons. The molecule has 0 spiro atoms. The van der Waals surface area contributed by atoms with Crippen molar-refractivity contribution in [3.05, 3.63) is 0 Å². The fraction of sp³-hybridized carbons (Fsp3) is 0.800. The minimum atomic E-state index is -2.22. The monoisotopic (exact) mass is 266 g/mol. The van der Waals surface area contributed by atoms with Crippen molar-refractivity contribution in [2.75, 3.05) is 40.6 Å². The second-order valence-corrected chi connectivity index (χ2v) is 3.31. The summed E-state index contributed by atoms with van der Waals surface area (Å²) < 4.78 is 19.4. The second-order valence-electron chi connectivity index (χ2n) is 3.31. The maximum atomic E-state index is 11.2. The third-order valence-electron chi connectivity index (χ3n) is 1.96. The van der Waals surface area contributed by atoms with Crippen LogP contribution in [0, 0.1) is 0 Å². The van der Waals surface area contributed by atoms with Crippen LogP contribution in [0.5, 0.6) is 0 Å². The lowest BCUT2D eigenvalue weighted by molar-refractivity contribution is -0.252. The van der Waals surface area contributed by atoms with Gasteiger partial charge in [-0.15, -0.1) is 0 Å². The lowest BCUT2D eigenvalue weighted by Crippen LogP contribution is -2.47. The van der Waals surface area contributed by atoms with E-state index < -0.39 is 24.1 Å². The quantitative estimate of drug-likeness (QED) is 0.382. The molecule has 0 aromatic rings. The highest BCUT2D eigenvalue weighted by molar-refractivity contribution is 5.82. The van der Waals surface area contributed by atoms with Crippen molar-refractivity contribution < 1.29 is 38.7 Å². The number of methoxy groups -OCH3 is 2. The first kappa shape index (κ1) is 16.8. The Morgan fingerprint density at radius 1 is 0.944 bits per heavy atom. The minimum Gasteiger partial charge on any atom is -0.481 e. The zero-order valence-electron chi connectivity index (χ0n) is 10.4. The van der Waals surface area contributed by atoms with Crippen molar-refractivity contribution in [3.63, 3.8) is 0 Å². The zero-order chi connectivity index (χ0) is 14.0. The summed E-state index contributed by atoms with van der Waals surface area (Å²) in [5, 5.41) is 17.8. The van der Waals surface area contributed by atoms with Crippen LogP contribution in [0.25, 0.3) is 0 Å². The molecular formula is C10H18O8. The van der Waals surface area contributed by atoms with E-state index in [1.807, 2.05) is 0 Å². The largest absolute Gasteiger partial charge is 0.481 e. The molecule has 18 heavy (non-hydrogen) atoms. The average Bonchev–Trinajstić information content (AvgIpc) is 2.28. The SMILES string of the molecule is COCCOC(CC(=O)O)(OCCOC)C(=O)O. The van der Waals surface area contributed by atoms with Crippen LogP contribution in [0.3, 0.4) is 0 Å². The highest BCUT2D eigenvalue weighted by atomic mass is 16.7. The Morgan fingerprint density at radius 3 is 1.67 bits per heavy atom. The zero-order valence-corrected chi connectivity index (χ0v) is 10.4. The number of hydrogen-bond acceptors (Lipinski definition) is 6. The molecule has 0 heterocycles. The van der Waals surface area contributed by atoms with E-state index in [0.29, 0.717) is 0 Å². The smallest absolute Gasteiger partial charge is 0.365 e. The van der Waals surface area contributed by atoms with Gasteiger partial charge in [0.1, 0.15) is 6.42 Å². The molecule has 0 aliphatic heterocycles. The van der Waals surface area contributed by atoms with Gasteiger partial charge >= 0.3 is 11.9 Å². The molecule has 0 saturated carbocycles. The summed E-state index contributed by atoms with van der Waals surface area (Å²) >= 11 is 0. The molecule has 0 saturated heterocycles. The lowest BCUT2D eigenvalue weighted by Gasteiger charge is -2.27. The van der Waals surface area contributed by atoms with Gasteiger partial charge in [-0.05, 0) is 0 Å². The predicted molar refractivity (Wildman–Crippen MR) is 58.3 cm³/mol. The van der Waals surface area contributed by atoms with E-state index in [1.54, 1.807) is 0 Å². The Hall–Kier alpha value is -1.22. The predicted octanol–water partition coefficient (Wildman–Crippen LogP) is -0.432.